The first-order valence-corrected chi connectivity index (χ1v) is 13.0. The summed E-state index contributed by atoms with van der Waals surface area (Å²) in [7, 11) is -0.872. The fourth-order valence-corrected chi connectivity index (χ4v) is 4.34. The van der Waals surface area contributed by atoms with Crippen LogP contribution in [0.3, 0.4) is 0 Å². The Hall–Kier alpha value is -0.750. The molecule has 2 N–H and O–H groups in total. The molecule has 0 aliphatic heterocycles. The predicted octanol–water partition coefficient (Wildman–Crippen LogP) is 5.25. The smallest absolute Gasteiger partial charge is 0.243 e. The van der Waals surface area contributed by atoms with Crippen molar-refractivity contribution in [2.24, 2.45) is 5.84 Å². The van der Waals surface area contributed by atoms with Gasteiger partial charge in [0.1, 0.15) is 0 Å². The zero-order chi connectivity index (χ0) is 21.0. The molecular formula is C22H44N2O3S. The zero-order valence-electron chi connectivity index (χ0n) is 18.4. The van der Waals surface area contributed by atoms with Crippen LogP contribution in [0.15, 0.2) is 0 Å². The molecule has 0 spiro atoms. The van der Waals surface area contributed by atoms with Gasteiger partial charge in [-0.2, -0.15) is 0 Å². The summed E-state index contributed by atoms with van der Waals surface area (Å²) < 4.78 is 11.9. The van der Waals surface area contributed by atoms with Crippen molar-refractivity contribution in [3.05, 3.63) is 0 Å². The molecule has 28 heavy (non-hydrogen) atoms. The Morgan fingerprint density at radius 3 is 1.57 bits per heavy atom. The van der Waals surface area contributed by atoms with Crippen LogP contribution in [0.5, 0.6) is 0 Å². The first-order chi connectivity index (χ1) is 13.5. The molecule has 0 aliphatic rings. The van der Waals surface area contributed by atoms with E-state index in [2.05, 4.69) is 13.8 Å². The Balaban J connectivity index is 3.68. The summed E-state index contributed by atoms with van der Waals surface area (Å²) in [6.07, 6.45) is 16.2. The fourth-order valence-electron chi connectivity index (χ4n) is 3.14. The summed E-state index contributed by atoms with van der Waals surface area (Å²) in [4.78, 5) is 24.0. The number of rotatable bonds is 19. The van der Waals surface area contributed by atoms with Crippen molar-refractivity contribution >= 4 is 22.6 Å². The summed E-state index contributed by atoms with van der Waals surface area (Å²) in [5, 5.41) is 0.773. The monoisotopic (exact) mass is 416 g/mol. The molecule has 0 saturated carbocycles. The molecule has 0 fully saturated rings. The van der Waals surface area contributed by atoms with Crippen LogP contribution in [0, 0.1) is 0 Å². The quantitative estimate of drug-likeness (QED) is 0.135. The summed E-state index contributed by atoms with van der Waals surface area (Å²) in [5.41, 5.74) is 0. The SMILES string of the molecule is CCCCCCCCCCCC(=O)N(N)C(=O)CCCS(=O)CCCCCC. The Kier molecular flexibility index (Phi) is 19.0. The standard InChI is InChI=1S/C22H44N2O3S/c1-3-5-7-9-10-11-12-13-14-17-21(25)24(23)22(26)18-16-20-28(27)19-15-8-6-4-2/h3-20,23H2,1-2H3. The number of carbonyl (C=O) groups is 2. The van der Waals surface area contributed by atoms with Gasteiger partial charge >= 0.3 is 0 Å². The minimum Gasteiger partial charge on any atom is -0.273 e. The minimum absolute atomic E-state index is 0.195. The molecule has 1 unspecified atom stereocenters. The first kappa shape index (κ1) is 27.2. The van der Waals surface area contributed by atoms with E-state index >= 15 is 0 Å². The number of hydrogen-bond donors (Lipinski definition) is 1. The maximum absolute atomic E-state index is 12.0. The van der Waals surface area contributed by atoms with Crippen molar-refractivity contribution in [3.63, 3.8) is 0 Å². The number of nitrogens with zero attached hydrogens (tertiary/aromatic N) is 1. The van der Waals surface area contributed by atoms with E-state index < -0.39 is 10.8 Å². The lowest BCUT2D eigenvalue weighted by Crippen LogP contribution is -2.42. The van der Waals surface area contributed by atoms with Crippen molar-refractivity contribution in [3.8, 4) is 0 Å². The number of imide groups is 1. The third-order valence-electron chi connectivity index (χ3n) is 5.02. The third kappa shape index (κ3) is 16.2. The van der Waals surface area contributed by atoms with Crippen LogP contribution >= 0.6 is 0 Å². The number of amides is 2. The predicted molar refractivity (Wildman–Crippen MR) is 119 cm³/mol. The second kappa shape index (κ2) is 19.6. The maximum atomic E-state index is 12.0. The second-order valence-electron chi connectivity index (χ2n) is 7.75. The van der Waals surface area contributed by atoms with Crippen molar-refractivity contribution in [2.45, 2.75) is 117 Å². The second-order valence-corrected chi connectivity index (χ2v) is 9.44. The first-order valence-electron chi connectivity index (χ1n) is 11.5. The molecule has 0 bridgehead atoms. The highest BCUT2D eigenvalue weighted by Gasteiger charge is 2.17. The number of hydrazine groups is 1. The lowest BCUT2D eigenvalue weighted by molar-refractivity contribution is -0.145. The van der Waals surface area contributed by atoms with Gasteiger partial charge in [0.25, 0.3) is 0 Å². The van der Waals surface area contributed by atoms with Gasteiger partial charge in [-0.15, -0.1) is 0 Å². The largest absolute Gasteiger partial charge is 0.273 e. The highest BCUT2D eigenvalue weighted by Crippen LogP contribution is 2.11. The molecule has 0 aromatic heterocycles. The van der Waals surface area contributed by atoms with E-state index in [-0.39, 0.29) is 18.2 Å². The number of hydrogen-bond acceptors (Lipinski definition) is 4. The van der Waals surface area contributed by atoms with E-state index in [1.165, 1.54) is 51.4 Å². The number of unbranched alkanes of at least 4 members (excludes halogenated alkanes) is 11. The van der Waals surface area contributed by atoms with E-state index in [1.54, 1.807) is 0 Å². The van der Waals surface area contributed by atoms with Gasteiger partial charge in [-0.25, -0.2) is 10.9 Å². The van der Waals surface area contributed by atoms with Crippen LogP contribution in [0.1, 0.15) is 117 Å². The average Bonchev–Trinajstić information content (AvgIpc) is 2.69. The molecule has 6 heteroatoms. The molecule has 1 atom stereocenters. The Labute approximate surface area is 175 Å². The summed E-state index contributed by atoms with van der Waals surface area (Å²) in [6, 6.07) is 0. The molecule has 0 aliphatic carbocycles. The van der Waals surface area contributed by atoms with Gasteiger partial charge in [-0.05, 0) is 19.3 Å². The van der Waals surface area contributed by atoms with Crippen LogP contribution in [-0.4, -0.2) is 32.5 Å². The van der Waals surface area contributed by atoms with Crippen molar-refractivity contribution in [2.75, 3.05) is 11.5 Å². The van der Waals surface area contributed by atoms with Gasteiger partial charge in [0.2, 0.25) is 11.8 Å². The van der Waals surface area contributed by atoms with Gasteiger partial charge in [0.05, 0.1) is 0 Å². The molecule has 0 saturated heterocycles. The van der Waals surface area contributed by atoms with E-state index in [0.29, 0.717) is 24.3 Å². The summed E-state index contributed by atoms with van der Waals surface area (Å²) >= 11 is 0. The minimum atomic E-state index is -0.872. The van der Waals surface area contributed by atoms with Gasteiger partial charge in [-0.3, -0.25) is 13.8 Å². The van der Waals surface area contributed by atoms with Gasteiger partial charge in [0, 0.05) is 35.1 Å². The van der Waals surface area contributed by atoms with Crippen molar-refractivity contribution in [1.82, 2.24) is 5.01 Å². The molecule has 0 rings (SSSR count). The molecule has 0 aromatic rings. The third-order valence-corrected chi connectivity index (χ3v) is 6.51. The molecule has 0 aromatic carbocycles. The number of carbonyl (C=O) groups excluding carboxylic acids is 2. The molecule has 0 heterocycles. The molecule has 2 amide bonds. The normalized spacial score (nSPS) is 12.1. The van der Waals surface area contributed by atoms with Crippen molar-refractivity contribution < 1.29 is 13.8 Å². The highest BCUT2D eigenvalue weighted by atomic mass is 32.2. The van der Waals surface area contributed by atoms with Gasteiger partial charge in [0.15, 0.2) is 0 Å². The topological polar surface area (TPSA) is 80.5 Å². The van der Waals surface area contributed by atoms with Crippen molar-refractivity contribution in [1.29, 1.82) is 0 Å². The summed E-state index contributed by atoms with van der Waals surface area (Å²) in [6.45, 7) is 4.37. The van der Waals surface area contributed by atoms with E-state index in [4.69, 9.17) is 5.84 Å². The molecular weight excluding hydrogens is 372 g/mol. The van der Waals surface area contributed by atoms with Gasteiger partial charge < -0.3 is 0 Å². The highest BCUT2D eigenvalue weighted by molar-refractivity contribution is 7.84. The van der Waals surface area contributed by atoms with E-state index in [1.807, 2.05) is 0 Å². The van der Waals surface area contributed by atoms with E-state index in [0.717, 1.165) is 37.1 Å². The van der Waals surface area contributed by atoms with E-state index in [9.17, 15) is 13.8 Å². The van der Waals surface area contributed by atoms with Crippen LogP contribution < -0.4 is 5.84 Å². The lowest BCUT2D eigenvalue weighted by Gasteiger charge is -2.14. The number of nitrogens with two attached hydrogens (primary N) is 1. The van der Waals surface area contributed by atoms with Crippen LogP contribution in [0.2, 0.25) is 0 Å². The van der Waals surface area contributed by atoms with Crippen LogP contribution in [0.25, 0.3) is 0 Å². The van der Waals surface area contributed by atoms with Gasteiger partial charge in [-0.1, -0.05) is 84.5 Å². The Bertz CT molecular complexity index is 430. The lowest BCUT2D eigenvalue weighted by atomic mass is 10.1. The Morgan fingerprint density at radius 2 is 1.04 bits per heavy atom. The molecule has 0 radical (unpaired) electrons. The molecule has 166 valence electrons. The maximum Gasteiger partial charge on any atom is 0.243 e. The average molecular weight is 417 g/mol. The zero-order valence-corrected chi connectivity index (χ0v) is 19.2. The van der Waals surface area contributed by atoms with Crippen LogP contribution in [0.4, 0.5) is 0 Å². The fraction of sp³-hybridized carbons (Fsp3) is 0.909. The summed E-state index contributed by atoms with van der Waals surface area (Å²) in [5.74, 6) is 6.22. The van der Waals surface area contributed by atoms with Crippen LogP contribution in [-0.2, 0) is 20.4 Å². The molecule has 5 nitrogen and oxygen atoms in total. The Morgan fingerprint density at radius 1 is 0.643 bits per heavy atom.